The first-order valence-electron chi connectivity index (χ1n) is 7.47. The summed E-state index contributed by atoms with van der Waals surface area (Å²) < 4.78 is 0. The van der Waals surface area contributed by atoms with Gasteiger partial charge in [0.25, 0.3) is 0 Å². The maximum atomic E-state index is 12.4. The van der Waals surface area contributed by atoms with Gasteiger partial charge in [0.05, 0.1) is 5.70 Å². The van der Waals surface area contributed by atoms with Crippen LogP contribution in [-0.2, 0) is 31.3 Å². The fourth-order valence-corrected chi connectivity index (χ4v) is 2.28. The van der Waals surface area contributed by atoms with Gasteiger partial charge < -0.3 is 19.8 Å². The Hall–Kier alpha value is -0.816. The maximum absolute atomic E-state index is 12.4. The van der Waals surface area contributed by atoms with E-state index in [1.807, 2.05) is 14.7 Å². The van der Waals surface area contributed by atoms with Gasteiger partial charge in [-0.1, -0.05) is 0 Å². The zero-order valence-electron chi connectivity index (χ0n) is 13.4. The van der Waals surface area contributed by atoms with Crippen molar-refractivity contribution in [1.29, 1.82) is 0 Å². The third-order valence-corrected chi connectivity index (χ3v) is 3.49. The van der Waals surface area contributed by atoms with E-state index in [0.717, 1.165) is 39.3 Å². The van der Waals surface area contributed by atoms with Gasteiger partial charge >= 0.3 is 0 Å². The van der Waals surface area contributed by atoms with Crippen LogP contribution in [0.25, 0.3) is 0 Å². The standard InChI is InChI=1S/C12H13N3O2.C3H8O.ClH.Ti/c16-9-7-8(13-1-2-13)12(17)11(15-5-6-15)10(9)14-3-4-14;1-3(2)4;;/h7H,1-6H2;3-4H,1-2H3;1H;. The molecule has 0 aromatic carbocycles. The summed E-state index contributed by atoms with van der Waals surface area (Å²) in [5.41, 5.74) is 1.89. The van der Waals surface area contributed by atoms with E-state index in [4.69, 9.17) is 5.11 Å². The third kappa shape index (κ3) is 4.83. The topological polar surface area (TPSA) is 63.4 Å². The van der Waals surface area contributed by atoms with Gasteiger partial charge in [-0.15, -0.1) is 12.4 Å². The van der Waals surface area contributed by atoms with Crippen LogP contribution in [0.5, 0.6) is 0 Å². The smallest absolute Gasteiger partial charge is 0.227 e. The number of allylic oxidation sites excluding steroid dienone is 1. The summed E-state index contributed by atoms with van der Waals surface area (Å²) in [6.45, 7) is 8.85. The molecule has 0 unspecified atom stereocenters. The Morgan fingerprint density at radius 2 is 1.30 bits per heavy atom. The van der Waals surface area contributed by atoms with E-state index >= 15 is 0 Å². The predicted molar refractivity (Wildman–Crippen MR) is 84.4 cm³/mol. The molecule has 0 spiro atoms. The van der Waals surface area contributed by atoms with Crippen molar-refractivity contribution in [3.63, 3.8) is 0 Å². The fraction of sp³-hybridized carbons (Fsp3) is 0.600. The van der Waals surface area contributed by atoms with Gasteiger partial charge in [0.2, 0.25) is 11.6 Å². The minimum absolute atomic E-state index is 0. The molecule has 3 saturated heterocycles. The quantitative estimate of drug-likeness (QED) is 0.425. The van der Waals surface area contributed by atoms with Crippen LogP contribution in [0.2, 0.25) is 0 Å². The Morgan fingerprint density at radius 3 is 1.70 bits per heavy atom. The summed E-state index contributed by atoms with van der Waals surface area (Å²) in [5, 5.41) is 8.06. The molecule has 0 saturated carbocycles. The largest absolute Gasteiger partial charge is 0.394 e. The number of rotatable bonds is 3. The Labute approximate surface area is 157 Å². The van der Waals surface area contributed by atoms with Crippen LogP contribution in [0.4, 0.5) is 0 Å². The van der Waals surface area contributed by atoms with Crippen molar-refractivity contribution in [1.82, 2.24) is 14.7 Å². The van der Waals surface area contributed by atoms with E-state index in [-0.39, 0.29) is 51.8 Å². The molecule has 3 heterocycles. The minimum atomic E-state index is -0.167. The molecule has 1 aliphatic carbocycles. The second-order valence-corrected chi connectivity index (χ2v) is 5.98. The molecular formula is C15H22ClN3O3Ti. The molecule has 3 fully saturated rings. The maximum Gasteiger partial charge on any atom is 0.227 e. The van der Waals surface area contributed by atoms with Crippen molar-refractivity contribution in [2.24, 2.45) is 0 Å². The van der Waals surface area contributed by atoms with E-state index < -0.39 is 0 Å². The Bertz CT molecular complexity index is 547. The third-order valence-electron chi connectivity index (χ3n) is 3.49. The van der Waals surface area contributed by atoms with Crippen LogP contribution in [0, 0.1) is 0 Å². The normalized spacial score (nSPS) is 21.2. The molecule has 0 bridgehead atoms. The molecule has 0 aromatic rings. The van der Waals surface area contributed by atoms with Crippen LogP contribution in [0.1, 0.15) is 13.8 Å². The molecule has 6 nitrogen and oxygen atoms in total. The number of carbonyl (C=O) groups excluding carboxylic acids is 2. The van der Waals surface area contributed by atoms with Crippen molar-refractivity contribution in [2.75, 3.05) is 39.3 Å². The number of nitrogens with zero attached hydrogens (tertiary/aromatic N) is 3. The van der Waals surface area contributed by atoms with Crippen molar-refractivity contribution >= 4 is 24.0 Å². The van der Waals surface area contributed by atoms with Gasteiger partial charge in [0.1, 0.15) is 11.4 Å². The van der Waals surface area contributed by atoms with Gasteiger partial charge in [-0.3, -0.25) is 9.59 Å². The molecule has 4 rings (SSSR count). The zero-order chi connectivity index (χ0) is 15.1. The number of aliphatic hydroxyl groups excluding tert-OH is 1. The summed E-state index contributed by atoms with van der Waals surface area (Å²) in [5.74, 6) is 0.0485. The van der Waals surface area contributed by atoms with Crippen molar-refractivity contribution < 1.29 is 36.4 Å². The number of Topliss-reactive ketones (excluding diaryl/α,β-unsaturated/α-hetero) is 1. The molecule has 1 N–H and O–H groups in total. The average Bonchev–Trinajstić information content (AvgIpc) is 3.26. The van der Waals surface area contributed by atoms with Crippen molar-refractivity contribution in [2.45, 2.75) is 20.0 Å². The average molecular weight is 376 g/mol. The van der Waals surface area contributed by atoms with Crippen LogP contribution in [-0.4, -0.2) is 76.7 Å². The van der Waals surface area contributed by atoms with Gasteiger partial charge in [0, 0.05) is 73.2 Å². The second-order valence-electron chi connectivity index (χ2n) is 5.98. The molecule has 3 aliphatic heterocycles. The number of carbonyl (C=O) groups is 2. The Balaban J connectivity index is 0.000000401. The van der Waals surface area contributed by atoms with E-state index in [2.05, 4.69) is 0 Å². The second kappa shape index (κ2) is 7.84. The molecule has 23 heavy (non-hydrogen) atoms. The summed E-state index contributed by atoms with van der Waals surface area (Å²) in [4.78, 5) is 30.5. The number of hydrogen-bond donors (Lipinski definition) is 1. The van der Waals surface area contributed by atoms with Crippen molar-refractivity contribution in [3.05, 3.63) is 23.2 Å². The Morgan fingerprint density at radius 1 is 0.913 bits per heavy atom. The first-order valence-corrected chi connectivity index (χ1v) is 7.47. The van der Waals surface area contributed by atoms with Crippen LogP contribution in [0.15, 0.2) is 23.2 Å². The van der Waals surface area contributed by atoms with Crippen LogP contribution < -0.4 is 0 Å². The molecule has 4 aliphatic rings. The minimum Gasteiger partial charge on any atom is -0.394 e. The van der Waals surface area contributed by atoms with E-state index in [1.54, 1.807) is 13.8 Å². The van der Waals surface area contributed by atoms with E-state index in [1.165, 1.54) is 6.08 Å². The van der Waals surface area contributed by atoms with Crippen molar-refractivity contribution in [3.8, 4) is 0 Å². The Kier molecular flexibility index (Phi) is 6.89. The fourth-order valence-electron chi connectivity index (χ4n) is 2.28. The molecule has 0 radical (unpaired) electrons. The van der Waals surface area contributed by atoms with E-state index in [9.17, 15) is 9.59 Å². The van der Waals surface area contributed by atoms with Gasteiger partial charge in [0.15, 0.2) is 0 Å². The van der Waals surface area contributed by atoms with Gasteiger partial charge in [-0.2, -0.15) is 0 Å². The monoisotopic (exact) mass is 375 g/mol. The zero-order valence-corrected chi connectivity index (χ0v) is 15.8. The predicted octanol–water partition coefficient (Wildman–Crippen LogP) is -0.0131. The number of aliphatic hydroxyl groups is 1. The SMILES string of the molecule is CC(C)O.Cl.O=C1C=C(N2CC2)C(=O)C(N2CC2)=C1N1CC1.[Ti]. The summed E-state index contributed by atoms with van der Waals surface area (Å²) >= 11 is 0. The number of halogens is 1. The molecule has 0 atom stereocenters. The van der Waals surface area contributed by atoms with Gasteiger partial charge in [-0.25, -0.2) is 0 Å². The summed E-state index contributed by atoms with van der Waals surface area (Å²) in [7, 11) is 0. The molecular weight excluding hydrogens is 354 g/mol. The number of hydrogen-bond acceptors (Lipinski definition) is 6. The number of ketones is 2. The summed E-state index contributed by atoms with van der Waals surface area (Å²) in [6.07, 6.45) is 1.36. The van der Waals surface area contributed by atoms with E-state index in [0.29, 0.717) is 17.1 Å². The van der Waals surface area contributed by atoms with Crippen LogP contribution >= 0.6 is 12.4 Å². The first kappa shape index (κ1) is 20.2. The summed E-state index contributed by atoms with van der Waals surface area (Å²) in [6, 6.07) is 0. The molecule has 0 amide bonds. The first-order chi connectivity index (χ1) is 9.99. The van der Waals surface area contributed by atoms with Crippen LogP contribution in [0.3, 0.4) is 0 Å². The molecule has 8 heteroatoms. The molecule has 126 valence electrons. The molecule has 0 aromatic heterocycles. The van der Waals surface area contributed by atoms with Gasteiger partial charge in [-0.05, 0) is 13.8 Å².